The molecule has 2 amide bonds. The fourth-order valence-electron chi connectivity index (χ4n) is 4.15. The minimum absolute atomic E-state index is 0.132. The number of anilines is 1. The Hall–Kier alpha value is -2.77. The van der Waals surface area contributed by atoms with Crippen LogP contribution in [0.5, 0.6) is 0 Å². The highest BCUT2D eigenvalue weighted by Gasteiger charge is 2.33. The average molecular weight is 406 g/mol. The Morgan fingerprint density at radius 2 is 1.76 bits per heavy atom. The molecule has 0 unspecified atom stereocenters. The first kappa shape index (κ1) is 19.5. The van der Waals surface area contributed by atoms with Crippen LogP contribution in [0.2, 0.25) is 0 Å². The second-order valence-corrected chi connectivity index (χ2v) is 7.53. The highest BCUT2D eigenvalue weighted by atomic mass is 19.4. The number of carbonyl (C=O) groups is 2. The summed E-state index contributed by atoms with van der Waals surface area (Å²) in [6.07, 6.45) is -2.76. The summed E-state index contributed by atoms with van der Waals surface area (Å²) in [4.78, 5) is 25.7. The maximum atomic E-state index is 12.7. The summed E-state index contributed by atoms with van der Waals surface area (Å²) in [5.74, 6) is -0.434. The number of hydrogen-bond donors (Lipinski definition) is 1. The quantitative estimate of drug-likeness (QED) is 0.828. The van der Waals surface area contributed by atoms with Crippen LogP contribution in [-0.4, -0.2) is 42.8 Å². The number of nitrogens with one attached hydrogen (secondary N) is 1. The zero-order valence-corrected chi connectivity index (χ0v) is 15.7. The first-order chi connectivity index (χ1) is 13.8. The van der Waals surface area contributed by atoms with E-state index in [9.17, 15) is 22.8 Å². The lowest BCUT2D eigenvalue weighted by atomic mass is 9.95. The van der Waals surface area contributed by atoms with Gasteiger partial charge in [-0.2, -0.15) is 13.2 Å². The van der Waals surface area contributed by atoms with E-state index in [0.29, 0.717) is 12.8 Å². The van der Waals surface area contributed by atoms with Crippen molar-refractivity contribution in [2.75, 3.05) is 25.0 Å². The van der Waals surface area contributed by atoms with Crippen LogP contribution in [0.3, 0.4) is 0 Å². The second kappa shape index (κ2) is 7.57. The van der Waals surface area contributed by atoms with Gasteiger partial charge in [-0.25, -0.2) is 4.79 Å². The fourth-order valence-corrected chi connectivity index (χ4v) is 4.15. The van der Waals surface area contributed by atoms with Gasteiger partial charge in [0.25, 0.3) is 0 Å². The lowest BCUT2D eigenvalue weighted by Gasteiger charge is -2.30. The van der Waals surface area contributed by atoms with Crippen molar-refractivity contribution in [3.05, 3.63) is 41.5 Å². The summed E-state index contributed by atoms with van der Waals surface area (Å²) < 4.78 is 40.8. The molecule has 5 nitrogen and oxygen atoms in total. The summed E-state index contributed by atoms with van der Waals surface area (Å²) >= 11 is 0. The van der Waals surface area contributed by atoms with Crippen molar-refractivity contribution in [3.8, 4) is 0 Å². The van der Waals surface area contributed by atoms with E-state index in [1.54, 1.807) is 0 Å². The molecule has 2 aromatic rings. The Balaban J connectivity index is 1.37. The molecule has 2 aliphatic rings. The van der Waals surface area contributed by atoms with Crippen LogP contribution in [0.4, 0.5) is 23.7 Å². The first-order valence-corrected chi connectivity index (χ1v) is 9.64. The van der Waals surface area contributed by atoms with Crippen molar-refractivity contribution in [2.45, 2.75) is 31.9 Å². The molecule has 0 bridgehead atoms. The molecule has 1 N–H and O–H groups in total. The van der Waals surface area contributed by atoms with E-state index in [-0.39, 0.29) is 24.9 Å². The molecule has 0 radical (unpaired) electrons. The smallest absolute Gasteiger partial charge is 0.422 e. The van der Waals surface area contributed by atoms with Crippen molar-refractivity contribution in [2.24, 2.45) is 5.92 Å². The van der Waals surface area contributed by atoms with Crippen LogP contribution in [0.15, 0.2) is 30.3 Å². The van der Waals surface area contributed by atoms with Gasteiger partial charge in [0.15, 0.2) is 6.61 Å². The Kier molecular flexibility index (Phi) is 5.10. The normalized spacial score (nSPS) is 16.9. The predicted octanol–water partition coefficient (Wildman–Crippen LogP) is 4.29. The van der Waals surface area contributed by atoms with Crippen LogP contribution >= 0.6 is 0 Å². The number of amides is 2. The molecule has 0 spiro atoms. The lowest BCUT2D eigenvalue weighted by Crippen LogP contribution is -2.42. The summed E-state index contributed by atoms with van der Waals surface area (Å²) in [6.45, 7) is -1.21. The number of rotatable bonds is 3. The molecule has 1 fully saturated rings. The van der Waals surface area contributed by atoms with Gasteiger partial charge >= 0.3 is 12.3 Å². The maximum Gasteiger partial charge on any atom is 0.422 e. The third kappa shape index (κ3) is 4.16. The van der Waals surface area contributed by atoms with Gasteiger partial charge in [0.05, 0.1) is 0 Å². The number of hydrogen-bond acceptors (Lipinski definition) is 3. The number of benzene rings is 2. The predicted molar refractivity (Wildman–Crippen MR) is 102 cm³/mol. The third-order valence-electron chi connectivity index (χ3n) is 5.62. The van der Waals surface area contributed by atoms with Crippen LogP contribution in [0, 0.1) is 5.92 Å². The van der Waals surface area contributed by atoms with E-state index in [2.05, 4.69) is 16.1 Å². The zero-order valence-electron chi connectivity index (χ0n) is 15.7. The van der Waals surface area contributed by atoms with Gasteiger partial charge in [-0.1, -0.05) is 24.3 Å². The second-order valence-electron chi connectivity index (χ2n) is 7.53. The number of ether oxygens (including phenoxy) is 1. The molecule has 1 saturated heterocycles. The van der Waals surface area contributed by atoms with Crippen molar-refractivity contribution in [1.82, 2.24) is 4.90 Å². The molecule has 8 heteroatoms. The first-order valence-electron chi connectivity index (χ1n) is 9.64. The Labute approximate surface area is 165 Å². The van der Waals surface area contributed by atoms with Crippen LogP contribution in [0.25, 0.3) is 10.8 Å². The van der Waals surface area contributed by atoms with Crippen LogP contribution in [0.1, 0.15) is 24.0 Å². The van der Waals surface area contributed by atoms with Gasteiger partial charge in [-0.05, 0) is 48.3 Å². The monoisotopic (exact) mass is 406 g/mol. The van der Waals surface area contributed by atoms with Crippen LogP contribution < -0.4 is 5.32 Å². The molecule has 2 aromatic carbocycles. The summed E-state index contributed by atoms with van der Waals surface area (Å²) in [5.41, 5.74) is 3.35. The van der Waals surface area contributed by atoms with Gasteiger partial charge in [0, 0.05) is 30.1 Å². The van der Waals surface area contributed by atoms with Crippen molar-refractivity contribution >= 4 is 28.5 Å². The van der Waals surface area contributed by atoms with Gasteiger partial charge in [0.1, 0.15) is 0 Å². The largest absolute Gasteiger partial charge is 0.440 e. The van der Waals surface area contributed by atoms with E-state index in [1.165, 1.54) is 21.4 Å². The zero-order chi connectivity index (χ0) is 20.6. The standard InChI is InChI=1S/C21H21F3N2O3/c22-21(23,24)12-29-20(28)26-10-8-15(9-11-26)19(27)25-17-7-6-14-5-4-13-2-1-3-16(17)18(13)14/h1-3,6-7,15H,4-5,8-12H2,(H,25,27). The molecule has 1 heterocycles. The van der Waals surface area contributed by atoms with E-state index in [4.69, 9.17) is 0 Å². The van der Waals surface area contributed by atoms with Crippen molar-refractivity contribution < 1.29 is 27.5 Å². The molecule has 0 aromatic heterocycles. The topological polar surface area (TPSA) is 58.6 Å². The molecular weight excluding hydrogens is 385 g/mol. The number of alkyl halides is 3. The number of aryl methyl sites for hydroxylation is 2. The molecule has 0 saturated carbocycles. The Morgan fingerprint density at radius 3 is 2.45 bits per heavy atom. The molecule has 1 aliphatic carbocycles. The molecule has 29 heavy (non-hydrogen) atoms. The molecule has 4 rings (SSSR count). The fraction of sp³-hybridized carbons (Fsp3) is 0.429. The van der Waals surface area contributed by atoms with Crippen molar-refractivity contribution in [1.29, 1.82) is 0 Å². The van der Waals surface area contributed by atoms with Gasteiger partial charge in [0.2, 0.25) is 5.91 Å². The highest BCUT2D eigenvalue weighted by molar-refractivity contribution is 6.05. The van der Waals surface area contributed by atoms with Gasteiger partial charge in [-0.15, -0.1) is 0 Å². The number of likely N-dealkylation sites (tertiary alicyclic amines) is 1. The molecule has 0 atom stereocenters. The maximum absolute atomic E-state index is 12.7. The number of piperidine rings is 1. The molecule has 154 valence electrons. The summed E-state index contributed by atoms with van der Waals surface area (Å²) in [5, 5.41) is 5.25. The van der Waals surface area contributed by atoms with E-state index < -0.39 is 18.9 Å². The Morgan fingerprint density at radius 1 is 1.07 bits per heavy atom. The van der Waals surface area contributed by atoms with Crippen molar-refractivity contribution in [3.63, 3.8) is 0 Å². The van der Waals surface area contributed by atoms with E-state index >= 15 is 0 Å². The average Bonchev–Trinajstić information content (AvgIpc) is 3.12. The van der Waals surface area contributed by atoms with Crippen LogP contribution in [-0.2, 0) is 22.4 Å². The number of carbonyl (C=O) groups excluding carboxylic acids is 2. The lowest BCUT2D eigenvalue weighted by molar-refractivity contribution is -0.162. The summed E-state index contributed by atoms with van der Waals surface area (Å²) in [7, 11) is 0. The van der Waals surface area contributed by atoms with Gasteiger partial charge < -0.3 is 15.0 Å². The molecule has 1 aliphatic heterocycles. The minimum Gasteiger partial charge on any atom is -0.440 e. The Bertz CT molecular complexity index is 940. The van der Waals surface area contributed by atoms with E-state index in [0.717, 1.165) is 23.9 Å². The highest BCUT2D eigenvalue weighted by Crippen LogP contribution is 2.35. The minimum atomic E-state index is -4.55. The summed E-state index contributed by atoms with van der Waals surface area (Å²) in [6, 6.07) is 10.1. The SMILES string of the molecule is O=C(Nc1ccc2c3c(cccc13)CC2)C1CCN(C(=O)OCC(F)(F)F)CC1. The molecular formula is C21H21F3N2O3. The number of nitrogens with zero attached hydrogens (tertiary/aromatic N) is 1. The van der Waals surface area contributed by atoms with E-state index in [1.807, 2.05) is 24.3 Å². The van der Waals surface area contributed by atoms with Gasteiger partial charge in [-0.3, -0.25) is 4.79 Å². The third-order valence-corrected chi connectivity index (χ3v) is 5.62. The number of halogens is 3.